The van der Waals surface area contributed by atoms with Crippen LogP contribution in [0.2, 0.25) is 0 Å². The van der Waals surface area contributed by atoms with E-state index in [1.54, 1.807) is 0 Å². The lowest BCUT2D eigenvalue weighted by Crippen LogP contribution is -2.33. The van der Waals surface area contributed by atoms with Gasteiger partial charge in [-0.05, 0) is 13.8 Å². The van der Waals surface area contributed by atoms with Crippen LogP contribution in [-0.2, 0) is 19.1 Å². The van der Waals surface area contributed by atoms with E-state index in [0.717, 1.165) is 12.6 Å². The Bertz CT molecular complexity index is 159. The Balaban J connectivity index is 4.38. The SMILES string of the molecule is CCOCC(CC=O)(CC=O)COCC. The Kier molecular flexibility index (Phi) is 8.14. The smallest absolute Gasteiger partial charge is 0.120 e. The van der Waals surface area contributed by atoms with E-state index in [9.17, 15) is 9.59 Å². The maximum Gasteiger partial charge on any atom is 0.120 e. The summed E-state index contributed by atoms with van der Waals surface area (Å²) in [4.78, 5) is 21.2. The van der Waals surface area contributed by atoms with Crippen molar-refractivity contribution in [3.63, 3.8) is 0 Å². The molecule has 0 N–H and O–H groups in total. The zero-order valence-corrected chi connectivity index (χ0v) is 9.53. The van der Waals surface area contributed by atoms with Gasteiger partial charge < -0.3 is 19.1 Å². The molecule has 88 valence electrons. The van der Waals surface area contributed by atoms with E-state index >= 15 is 0 Å². The zero-order valence-electron chi connectivity index (χ0n) is 9.53. The monoisotopic (exact) mass is 216 g/mol. The van der Waals surface area contributed by atoms with Crippen molar-refractivity contribution < 1.29 is 19.1 Å². The average Bonchev–Trinajstić information content (AvgIpc) is 2.24. The first kappa shape index (κ1) is 14.3. The minimum absolute atomic E-state index is 0.297. The average molecular weight is 216 g/mol. The van der Waals surface area contributed by atoms with Crippen molar-refractivity contribution in [2.45, 2.75) is 26.7 Å². The highest BCUT2D eigenvalue weighted by Gasteiger charge is 2.30. The third kappa shape index (κ3) is 5.64. The van der Waals surface area contributed by atoms with Crippen molar-refractivity contribution in [1.82, 2.24) is 0 Å². The molecule has 0 aromatic carbocycles. The molecule has 0 saturated heterocycles. The van der Waals surface area contributed by atoms with Gasteiger partial charge in [0.15, 0.2) is 0 Å². The summed E-state index contributed by atoms with van der Waals surface area (Å²) in [6.45, 7) is 5.69. The van der Waals surface area contributed by atoms with E-state index in [2.05, 4.69) is 0 Å². The van der Waals surface area contributed by atoms with Crippen LogP contribution in [0.15, 0.2) is 0 Å². The molecule has 0 saturated carbocycles. The summed E-state index contributed by atoms with van der Waals surface area (Å²) in [5.41, 5.74) is -0.477. The number of ether oxygens (including phenoxy) is 2. The van der Waals surface area contributed by atoms with Gasteiger partial charge in [-0.1, -0.05) is 0 Å². The molecule has 0 amide bonds. The van der Waals surface area contributed by atoms with Gasteiger partial charge in [0.2, 0.25) is 0 Å². The van der Waals surface area contributed by atoms with Crippen LogP contribution in [-0.4, -0.2) is 39.0 Å². The number of rotatable bonds is 10. The molecule has 4 heteroatoms. The Hall–Kier alpha value is -0.740. The van der Waals surface area contributed by atoms with Crippen molar-refractivity contribution in [3.05, 3.63) is 0 Å². The van der Waals surface area contributed by atoms with E-state index in [1.165, 1.54) is 0 Å². The molecule has 0 unspecified atom stereocenters. The molecule has 0 atom stereocenters. The van der Waals surface area contributed by atoms with Crippen molar-refractivity contribution in [1.29, 1.82) is 0 Å². The predicted molar refractivity (Wildman–Crippen MR) is 56.8 cm³/mol. The topological polar surface area (TPSA) is 52.6 Å². The van der Waals surface area contributed by atoms with Crippen LogP contribution in [0.1, 0.15) is 26.7 Å². The lowest BCUT2D eigenvalue weighted by Gasteiger charge is -2.29. The highest BCUT2D eigenvalue weighted by atomic mass is 16.5. The maximum absolute atomic E-state index is 10.6. The predicted octanol–water partition coefficient (Wildman–Crippen LogP) is 1.22. The summed E-state index contributed by atoms with van der Waals surface area (Å²) in [5, 5.41) is 0. The van der Waals surface area contributed by atoms with Crippen LogP contribution >= 0.6 is 0 Å². The molecule has 0 aromatic rings. The first-order chi connectivity index (χ1) is 7.24. The number of aldehydes is 2. The molecular weight excluding hydrogens is 196 g/mol. The van der Waals surface area contributed by atoms with Crippen molar-refractivity contribution in [3.8, 4) is 0 Å². The lowest BCUT2D eigenvalue weighted by molar-refractivity contribution is -0.118. The summed E-state index contributed by atoms with van der Waals surface area (Å²) >= 11 is 0. The van der Waals surface area contributed by atoms with Gasteiger partial charge in [-0.3, -0.25) is 0 Å². The van der Waals surface area contributed by atoms with Gasteiger partial charge in [0, 0.05) is 31.5 Å². The molecule has 0 rings (SSSR count). The molecular formula is C11H20O4. The zero-order chi connectivity index (χ0) is 11.6. The molecule has 4 nitrogen and oxygen atoms in total. The highest BCUT2D eigenvalue weighted by molar-refractivity contribution is 5.56. The second kappa shape index (κ2) is 8.56. The van der Waals surface area contributed by atoms with Crippen molar-refractivity contribution >= 4 is 12.6 Å². The Morgan fingerprint density at radius 1 is 0.933 bits per heavy atom. The van der Waals surface area contributed by atoms with Crippen LogP contribution < -0.4 is 0 Å². The number of carbonyl (C=O) groups excluding carboxylic acids is 2. The van der Waals surface area contributed by atoms with Gasteiger partial charge in [0.1, 0.15) is 12.6 Å². The van der Waals surface area contributed by atoms with Crippen molar-refractivity contribution in [2.24, 2.45) is 5.41 Å². The first-order valence-corrected chi connectivity index (χ1v) is 5.27. The maximum atomic E-state index is 10.6. The van der Waals surface area contributed by atoms with E-state index in [4.69, 9.17) is 9.47 Å². The fraction of sp³-hybridized carbons (Fsp3) is 0.818. The third-order valence-electron chi connectivity index (χ3n) is 2.26. The van der Waals surface area contributed by atoms with Crippen LogP contribution in [0.25, 0.3) is 0 Å². The number of hydrogen-bond acceptors (Lipinski definition) is 4. The minimum Gasteiger partial charge on any atom is -0.381 e. The Morgan fingerprint density at radius 3 is 1.60 bits per heavy atom. The largest absolute Gasteiger partial charge is 0.381 e. The van der Waals surface area contributed by atoms with E-state index in [0.29, 0.717) is 39.3 Å². The van der Waals surface area contributed by atoms with E-state index in [1.807, 2.05) is 13.8 Å². The first-order valence-electron chi connectivity index (χ1n) is 5.27. The van der Waals surface area contributed by atoms with Gasteiger partial charge in [-0.15, -0.1) is 0 Å². The number of carbonyl (C=O) groups is 2. The van der Waals surface area contributed by atoms with E-state index < -0.39 is 5.41 Å². The molecule has 0 aliphatic heterocycles. The second-order valence-electron chi connectivity index (χ2n) is 3.52. The molecule has 0 fully saturated rings. The van der Waals surface area contributed by atoms with Gasteiger partial charge in [-0.25, -0.2) is 0 Å². The van der Waals surface area contributed by atoms with Gasteiger partial charge >= 0.3 is 0 Å². The summed E-state index contributed by atoms with van der Waals surface area (Å²) in [7, 11) is 0. The lowest BCUT2D eigenvalue weighted by atomic mass is 9.84. The summed E-state index contributed by atoms with van der Waals surface area (Å²) in [6, 6.07) is 0. The summed E-state index contributed by atoms with van der Waals surface area (Å²) in [6.07, 6.45) is 2.24. The number of hydrogen-bond donors (Lipinski definition) is 0. The van der Waals surface area contributed by atoms with Crippen molar-refractivity contribution in [2.75, 3.05) is 26.4 Å². The minimum atomic E-state index is -0.477. The van der Waals surface area contributed by atoms with Crippen LogP contribution in [0.5, 0.6) is 0 Å². The molecule has 0 heterocycles. The molecule has 0 spiro atoms. The molecule has 0 aliphatic carbocycles. The third-order valence-corrected chi connectivity index (χ3v) is 2.26. The molecule has 0 radical (unpaired) electrons. The fourth-order valence-electron chi connectivity index (χ4n) is 1.35. The fourth-order valence-corrected chi connectivity index (χ4v) is 1.35. The van der Waals surface area contributed by atoms with Gasteiger partial charge in [0.05, 0.1) is 13.2 Å². The Morgan fingerprint density at radius 2 is 1.33 bits per heavy atom. The molecule has 15 heavy (non-hydrogen) atoms. The summed E-state index contributed by atoms with van der Waals surface area (Å²) < 4.78 is 10.6. The van der Waals surface area contributed by atoms with Crippen LogP contribution in [0.4, 0.5) is 0 Å². The van der Waals surface area contributed by atoms with E-state index in [-0.39, 0.29) is 0 Å². The van der Waals surface area contributed by atoms with Crippen LogP contribution in [0.3, 0.4) is 0 Å². The normalized spacial score (nSPS) is 11.3. The molecule has 0 bridgehead atoms. The van der Waals surface area contributed by atoms with Crippen LogP contribution in [0, 0.1) is 5.41 Å². The van der Waals surface area contributed by atoms with Gasteiger partial charge in [0.25, 0.3) is 0 Å². The Labute approximate surface area is 90.9 Å². The molecule has 0 aliphatic rings. The highest BCUT2D eigenvalue weighted by Crippen LogP contribution is 2.25. The summed E-state index contributed by atoms with van der Waals surface area (Å²) in [5.74, 6) is 0. The molecule has 0 aromatic heterocycles. The quantitative estimate of drug-likeness (QED) is 0.515. The second-order valence-corrected chi connectivity index (χ2v) is 3.52. The van der Waals surface area contributed by atoms with Gasteiger partial charge in [-0.2, -0.15) is 0 Å². The standard InChI is InChI=1S/C11H20O4/c1-3-14-9-11(5-7-12,6-8-13)10-15-4-2/h7-8H,3-6,9-10H2,1-2H3.